The SMILES string of the molecule is O=[N+]([O-])c1ccccc1-c1ccc2c(c1)c1ccccc1n2-c1nc(-c2ccccc2)cc(-c2ccccc2)n1. The summed E-state index contributed by atoms with van der Waals surface area (Å²) in [7, 11) is 0. The molecule has 0 amide bonds. The van der Waals surface area contributed by atoms with E-state index >= 15 is 0 Å². The van der Waals surface area contributed by atoms with Gasteiger partial charge < -0.3 is 0 Å². The molecule has 40 heavy (non-hydrogen) atoms. The van der Waals surface area contributed by atoms with Crippen molar-refractivity contribution in [1.29, 1.82) is 0 Å². The molecule has 0 aliphatic rings. The van der Waals surface area contributed by atoms with Crippen LogP contribution in [0.15, 0.2) is 133 Å². The normalized spacial score (nSPS) is 11.2. The first kappa shape index (κ1) is 23.5. The molecule has 6 heteroatoms. The molecule has 0 bridgehead atoms. The van der Waals surface area contributed by atoms with Crippen molar-refractivity contribution in [3.8, 4) is 39.6 Å². The fourth-order valence-electron chi connectivity index (χ4n) is 5.28. The lowest BCUT2D eigenvalue weighted by Crippen LogP contribution is -2.04. The minimum Gasteiger partial charge on any atom is -0.278 e. The number of nitrogens with zero attached hydrogens (tertiary/aromatic N) is 4. The molecular weight excluding hydrogens is 496 g/mol. The molecule has 0 fully saturated rings. The molecule has 0 aliphatic carbocycles. The molecular formula is C34H22N4O2. The van der Waals surface area contributed by atoms with Gasteiger partial charge in [-0.1, -0.05) is 97.1 Å². The van der Waals surface area contributed by atoms with Gasteiger partial charge in [0, 0.05) is 28.0 Å². The number of benzene rings is 5. The lowest BCUT2D eigenvalue weighted by Gasteiger charge is -2.12. The molecule has 5 aromatic carbocycles. The van der Waals surface area contributed by atoms with E-state index in [2.05, 4.69) is 16.7 Å². The van der Waals surface area contributed by atoms with E-state index in [0.717, 1.165) is 49.9 Å². The number of aromatic nitrogens is 3. The monoisotopic (exact) mass is 518 g/mol. The summed E-state index contributed by atoms with van der Waals surface area (Å²) >= 11 is 0. The zero-order valence-corrected chi connectivity index (χ0v) is 21.3. The minimum absolute atomic E-state index is 0.0805. The largest absolute Gasteiger partial charge is 0.278 e. The second-order valence-corrected chi connectivity index (χ2v) is 9.53. The standard InChI is InChI=1S/C34H22N4O2/c39-38(40)33-18-10-7-15-26(33)25-19-20-32-28(21-25)27-16-8-9-17-31(27)37(32)34-35-29(23-11-3-1-4-12-23)22-30(36-34)24-13-5-2-6-14-24/h1-22H. The third-order valence-electron chi connectivity index (χ3n) is 7.14. The molecule has 0 unspecified atom stereocenters. The quantitative estimate of drug-likeness (QED) is 0.169. The van der Waals surface area contributed by atoms with Crippen LogP contribution in [-0.2, 0) is 0 Å². The Kier molecular flexibility index (Phi) is 5.64. The van der Waals surface area contributed by atoms with Gasteiger partial charge in [0.05, 0.1) is 32.9 Å². The van der Waals surface area contributed by atoms with Crippen molar-refractivity contribution in [2.45, 2.75) is 0 Å². The fourth-order valence-corrected chi connectivity index (χ4v) is 5.28. The Morgan fingerprint density at radius 3 is 1.80 bits per heavy atom. The van der Waals surface area contributed by atoms with E-state index in [9.17, 15) is 10.1 Å². The summed E-state index contributed by atoms with van der Waals surface area (Å²) in [6.07, 6.45) is 0. The van der Waals surface area contributed by atoms with E-state index in [1.54, 1.807) is 12.1 Å². The van der Waals surface area contributed by atoms with E-state index < -0.39 is 0 Å². The molecule has 2 aromatic heterocycles. The zero-order chi connectivity index (χ0) is 27.1. The number of nitro groups is 1. The predicted molar refractivity (Wildman–Crippen MR) is 159 cm³/mol. The van der Waals surface area contributed by atoms with Crippen molar-refractivity contribution in [2.75, 3.05) is 0 Å². The van der Waals surface area contributed by atoms with Gasteiger partial charge in [0.15, 0.2) is 0 Å². The Morgan fingerprint density at radius 2 is 1.12 bits per heavy atom. The summed E-state index contributed by atoms with van der Waals surface area (Å²) < 4.78 is 2.08. The number of rotatable bonds is 5. The average molecular weight is 519 g/mol. The topological polar surface area (TPSA) is 73.8 Å². The third kappa shape index (κ3) is 3.99. The second-order valence-electron chi connectivity index (χ2n) is 9.53. The van der Waals surface area contributed by atoms with Crippen LogP contribution in [0.25, 0.3) is 61.4 Å². The third-order valence-corrected chi connectivity index (χ3v) is 7.14. The van der Waals surface area contributed by atoms with Gasteiger partial charge in [-0.25, -0.2) is 9.97 Å². The number of nitro benzene ring substituents is 1. The van der Waals surface area contributed by atoms with Crippen LogP contribution in [0.1, 0.15) is 0 Å². The summed E-state index contributed by atoms with van der Waals surface area (Å²) in [5.74, 6) is 0.560. The Bertz CT molecular complexity index is 1980. The summed E-state index contributed by atoms with van der Waals surface area (Å²) in [5, 5.41) is 13.7. The van der Waals surface area contributed by atoms with Crippen LogP contribution in [0, 0.1) is 10.1 Å². The van der Waals surface area contributed by atoms with Gasteiger partial charge in [-0.2, -0.15) is 0 Å². The molecule has 2 heterocycles. The van der Waals surface area contributed by atoms with E-state index in [1.807, 2.05) is 103 Å². The molecule has 0 radical (unpaired) electrons. The Labute approximate surface area is 230 Å². The van der Waals surface area contributed by atoms with Crippen LogP contribution in [0.2, 0.25) is 0 Å². The predicted octanol–water partition coefficient (Wildman–Crippen LogP) is 8.48. The highest BCUT2D eigenvalue weighted by molar-refractivity contribution is 6.10. The molecule has 0 atom stereocenters. The van der Waals surface area contributed by atoms with Gasteiger partial charge in [-0.3, -0.25) is 14.7 Å². The van der Waals surface area contributed by atoms with Crippen LogP contribution in [-0.4, -0.2) is 19.5 Å². The highest BCUT2D eigenvalue weighted by atomic mass is 16.6. The first-order valence-electron chi connectivity index (χ1n) is 12.9. The van der Waals surface area contributed by atoms with Gasteiger partial charge in [-0.05, 0) is 35.9 Å². The van der Waals surface area contributed by atoms with Gasteiger partial charge in [0.25, 0.3) is 5.69 Å². The molecule has 6 nitrogen and oxygen atoms in total. The van der Waals surface area contributed by atoms with Gasteiger partial charge in [-0.15, -0.1) is 0 Å². The van der Waals surface area contributed by atoms with Crippen molar-refractivity contribution in [1.82, 2.24) is 14.5 Å². The average Bonchev–Trinajstić information content (AvgIpc) is 3.35. The Morgan fingerprint density at radius 1 is 0.550 bits per heavy atom. The smallest absolute Gasteiger partial charge is 0.277 e. The van der Waals surface area contributed by atoms with Crippen molar-refractivity contribution in [2.24, 2.45) is 0 Å². The highest BCUT2D eigenvalue weighted by Gasteiger charge is 2.19. The van der Waals surface area contributed by atoms with E-state index in [4.69, 9.17) is 9.97 Å². The van der Waals surface area contributed by atoms with Crippen molar-refractivity contribution in [3.05, 3.63) is 144 Å². The summed E-state index contributed by atoms with van der Waals surface area (Å²) in [4.78, 5) is 21.5. The molecule has 0 aliphatic heterocycles. The lowest BCUT2D eigenvalue weighted by atomic mass is 10.0. The summed E-state index contributed by atoms with van der Waals surface area (Å²) in [5.41, 5.74) is 6.99. The lowest BCUT2D eigenvalue weighted by molar-refractivity contribution is -0.384. The van der Waals surface area contributed by atoms with E-state index in [0.29, 0.717) is 11.5 Å². The van der Waals surface area contributed by atoms with Gasteiger partial charge in [0.2, 0.25) is 5.95 Å². The maximum absolute atomic E-state index is 11.7. The van der Waals surface area contributed by atoms with Crippen LogP contribution >= 0.6 is 0 Å². The van der Waals surface area contributed by atoms with Gasteiger partial charge in [0.1, 0.15) is 0 Å². The van der Waals surface area contributed by atoms with E-state index in [-0.39, 0.29) is 10.6 Å². The van der Waals surface area contributed by atoms with Crippen LogP contribution in [0.4, 0.5) is 5.69 Å². The molecule has 0 spiro atoms. The molecule has 190 valence electrons. The van der Waals surface area contributed by atoms with Crippen LogP contribution in [0.3, 0.4) is 0 Å². The highest BCUT2D eigenvalue weighted by Crippen LogP contribution is 2.37. The van der Waals surface area contributed by atoms with Crippen molar-refractivity contribution >= 4 is 27.5 Å². The number of para-hydroxylation sites is 2. The number of hydrogen-bond donors (Lipinski definition) is 0. The van der Waals surface area contributed by atoms with Gasteiger partial charge >= 0.3 is 0 Å². The maximum atomic E-state index is 11.7. The number of hydrogen-bond acceptors (Lipinski definition) is 4. The molecule has 7 aromatic rings. The van der Waals surface area contributed by atoms with Crippen molar-refractivity contribution < 1.29 is 4.92 Å². The fraction of sp³-hybridized carbons (Fsp3) is 0. The minimum atomic E-state index is -0.336. The summed E-state index contributed by atoms with van der Waals surface area (Å²) in [6.45, 7) is 0. The molecule has 0 saturated heterocycles. The molecule has 7 rings (SSSR count). The number of fused-ring (bicyclic) bond motifs is 3. The van der Waals surface area contributed by atoms with E-state index in [1.165, 1.54) is 6.07 Å². The first-order valence-corrected chi connectivity index (χ1v) is 12.9. The first-order chi connectivity index (χ1) is 19.7. The van der Waals surface area contributed by atoms with Crippen molar-refractivity contribution in [3.63, 3.8) is 0 Å². The Hall–Kier alpha value is -5.62. The molecule has 0 saturated carbocycles. The second kappa shape index (κ2) is 9.60. The summed E-state index contributed by atoms with van der Waals surface area (Å²) in [6, 6.07) is 43.1. The molecule has 0 N–H and O–H groups in total. The van der Waals surface area contributed by atoms with Crippen LogP contribution in [0.5, 0.6) is 0 Å². The zero-order valence-electron chi connectivity index (χ0n) is 21.3. The van der Waals surface area contributed by atoms with Crippen LogP contribution < -0.4 is 0 Å². The maximum Gasteiger partial charge on any atom is 0.277 e. The Balaban J connectivity index is 1.50.